The van der Waals surface area contributed by atoms with Gasteiger partial charge in [-0.2, -0.15) is 0 Å². The minimum absolute atomic E-state index is 0.255. The van der Waals surface area contributed by atoms with Crippen LogP contribution >= 0.6 is 0 Å². The molecule has 0 spiro atoms. The minimum atomic E-state index is -1.50. The fraction of sp³-hybridized carbons (Fsp3) is 0.250. The lowest BCUT2D eigenvalue weighted by atomic mass is 9.84. The molecule has 0 unspecified atom stereocenters. The number of carboxylic acids is 1. The van der Waals surface area contributed by atoms with Crippen molar-refractivity contribution in [1.82, 2.24) is 9.97 Å². The zero-order valence-corrected chi connectivity index (χ0v) is 9.90. The molecular formula is C12H12N2O4. The molecule has 3 N–H and O–H groups in total. The van der Waals surface area contributed by atoms with Gasteiger partial charge in [0.15, 0.2) is 5.78 Å². The highest BCUT2D eigenvalue weighted by Gasteiger charge is 2.36. The second-order valence-corrected chi connectivity index (χ2v) is 4.60. The molecule has 18 heavy (non-hydrogen) atoms. The van der Waals surface area contributed by atoms with Crippen LogP contribution in [0.3, 0.4) is 0 Å². The standard InChI is InChI=1S/C12H12N2O4/c1-12(2,10(16)17)9(15)6-3-4-7-8(5-6)14-11(18)13-7/h3-5H,1-2H3,(H,16,17)(H2,13,14,18). The van der Waals surface area contributed by atoms with Crippen LogP contribution < -0.4 is 5.69 Å². The third-order valence-electron chi connectivity index (χ3n) is 2.88. The molecule has 0 aliphatic rings. The number of H-pyrrole nitrogens is 2. The number of Topliss-reactive ketones (excluding diaryl/α,β-unsaturated/α-hetero) is 1. The normalized spacial score (nSPS) is 11.7. The Hall–Kier alpha value is -2.37. The Kier molecular flexibility index (Phi) is 2.58. The fourth-order valence-corrected chi connectivity index (χ4v) is 1.63. The molecule has 0 fully saturated rings. The minimum Gasteiger partial charge on any atom is -0.481 e. The van der Waals surface area contributed by atoms with Crippen LogP contribution in [0.25, 0.3) is 11.0 Å². The summed E-state index contributed by atoms with van der Waals surface area (Å²) in [4.78, 5) is 39.3. The summed E-state index contributed by atoms with van der Waals surface area (Å²) in [7, 11) is 0. The summed E-state index contributed by atoms with van der Waals surface area (Å²) in [6, 6.07) is 4.54. The molecule has 2 rings (SSSR count). The molecule has 0 radical (unpaired) electrons. The lowest BCUT2D eigenvalue weighted by Gasteiger charge is -2.17. The summed E-state index contributed by atoms with van der Waals surface area (Å²) in [5, 5.41) is 9.01. The Balaban J connectivity index is 2.51. The highest BCUT2D eigenvalue weighted by molar-refractivity contribution is 6.12. The summed E-state index contributed by atoms with van der Waals surface area (Å²) in [5.74, 6) is -1.69. The molecule has 0 bridgehead atoms. The van der Waals surface area contributed by atoms with E-state index >= 15 is 0 Å². The van der Waals surface area contributed by atoms with E-state index in [1.54, 1.807) is 6.07 Å². The van der Waals surface area contributed by atoms with Crippen molar-refractivity contribution in [3.05, 3.63) is 34.2 Å². The average Bonchev–Trinajstić information content (AvgIpc) is 2.66. The summed E-state index contributed by atoms with van der Waals surface area (Å²) < 4.78 is 0. The number of aliphatic carboxylic acids is 1. The average molecular weight is 248 g/mol. The number of aromatic nitrogens is 2. The second-order valence-electron chi connectivity index (χ2n) is 4.60. The van der Waals surface area contributed by atoms with E-state index in [1.165, 1.54) is 26.0 Å². The molecule has 6 nitrogen and oxygen atoms in total. The van der Waals surface area contributed by atoms with Gasteiger partial charge in [-0.1, -0.05) is 0 Å². The lowest BCUT2D eigenvalue weighted by Crippen LogP contribution is -2.33. The highest BCUT2D eigenvalue weighted by Crippen LogP contribution is 2.23. The van der Waals surface area contributed by atoms with Crippen LogP contribution in [0.2, 0.25) is 0 Å². The van der Waals surface area contributed by atoms with E-state index in [4.69, 9.17) is 5.11 Å². The van der Waals surface area contributed by atoms with Gasteiger partial charge in [0.2, 0.25) is 0 Å². The number of nitrogens with one attached hydrogen (secondary N) is 2. The summed E-state index contributed by atoms with van der Waals surface area (Å²) in [6.07, 6.45) is 0. The van der Waals surface area contributed by atoms with Gasteiger partial charge in [-0.25, -0.2) is 4.79 Å². The Bertz CT molecular complexity index is 693. The molecule has 0 saturated heterocycles. The maximum Gasteiger partial charge on any atom is 0.323 e. The molecule has 0 saturated carbocycles. The molecule has 1 heterocycles. The van der Waals surface area contributed by atoms with E-state index in [2.05, 4.69) is 9.97 Å². The molecule has 2 aromatic rings. The van der Waals surface area contributed by atoms with E-state index in [0.717, 1.165) is 0 Å². The zero-order valence-electron chi connectivity index (χ0n) is 9.90. The van der Waals surface area contributed by atoms with Gasteiger partial charge in [-0.3, -0.25) is 9.59 Å². The van der Waals surface area contributed by atoms with E-state index in [1.807, 2.05) is 0 Å². The van der Waals surface area contributed by atoms with Gasteiger partial charge in [0.1, 0.15) is 5.41 Å². The zero-order chi connectivity index (χ0) is 13.5. The number of ketones is 1. The number of carboxylic acid groups (broad SMARTS) is 1. The Morgan fingerprint density at radius 2 is 1.78 bits per heavy atom. The van der Waals surface area contributed by atoms with Gasteiger partial charge in [0, 0.05) is 5.56 Å². The number of carbonyl (C=O) groups is 2. The van der Waals surface area contributed by atoms with Crippen LogP contribution in [0.1, 0.15) is 24.2 Å². The summed E-state index contributed by atoms with van der Waals surface area (Å²) in [5.41, 5.74) is -0.557. The van der Waals surface area contributed by atoms with Crippen molar-refractivity contribution in [3.63, 3.8) is 0 Å². The number of rotatable bonds is 3. The smallest absolute Gasteiger partial charge is 0.323 e. The van der Waals surface area contributed by atoms with E-state index in [-0.39, 0.29) is 11.3 Å². The van der Waals surface area contributed by atoms with Crippen LogP contribution in [0.5, 0.6) is 0 Å². The first-order chi connectivity index (χ1) is 8.32. The van der Waals surface area contributed by atoms with Crippen molar-refractivity contribution in [2.45, 2.75) is 13.8 Å². The topological polar surface area (TPSA) is 103 Å². The number of carbonyl (C=O) groups excluding carboxylic acids is 1. The van der Waals surface area contributed by atoms with Crippen molar-refractivity contribution in [2.75, 3.05) is 0 Å². The number of imidazole rings is 1. The number of hydrogen-bond acceptors (Lipinski definition) is 3. The summed E-state index contributed by atoms with van der Waals surface area (Å²) >= 11 is 0. The second kappa shape index (κ2) is 3.83. The Morgan fingerprint density at radius 3 is 2.39 bits per heavy atom. The molecule has 0 aliphatic carbocycles. The third-order valence-corrected chi connectivity index (χ3v) is 2.88. The van der Waals surface area contributed by atoms with E-state index < -0.39 is 17.2 Å². The first-order valence-electron chi connectivity index (χ1n) is 5.32. The van der Waals surface area contributed by atoms with E-state index in [9.17, 15) is 14.4 Å². The molecule has 1 aromatic heterocycles. The molecule has 0 aliphatic heterocycles. The molecule has 0 amide bonds. The van der Waals surface area contributed by atoms with Gasteiger partial charge in [0.25, 0.3) is 0 Å². The van der Waals surface area contributed by atoms with E-state index in [0.29, 0.717) is 11.0 Å². The van der Waals surface area contributed by atoms with Gasteiger partial charge >= 0.3 is 11.7 Å². The largest absolute Gasteiger partial charge is 0.481 e. The molecule has 1 aromatic carbocycles. The van der Waals surface area contributed by atoms with Crippen LogP contribution in [-0.2, 0) is 4.79 Å². The quantitative estimate of drug-likeness (QED) is 0.560. The van der Waals surface area contributed by atoms with Gasteiger partial charge in [0.05, 0.1) is 11.0 Å². The SMILES string of the molecule is CC(C)(C(=O)O)C(=O)c1ccc2[nH]c(=O)[nH]c2c1. The van der Waals surface area contributed by atoms with Crippen molar-refractivity contribution < 1.29 is 14.7 Å². The van der Waals surface area contributed by atoms with Crippen molar-refractivity contribution in [1.29, 1.82) is 0 Å². The van der Waals surface area contributed by atoms with Crippen LogP contribution in [0, 0.1) is 5.41 Å². The number of aromatic amines is 2. The maximum absolute atomic E-state index is 12.1. The Labute approximate surface area is 102 Å². The van der Waals surface area contributed by atoms with Crippen molar-refractivity contribution in [2.24, 2.45) is 5.41 Å². The monoisotopic (exact) mass is 248 g/mol. The third kappa shape index (κ3) is 1.81. The van der Waals surface area contributed by atoms with Gasteiger partial charge in [-0.15, -0.1) is 0 Å². The van der Waals surface area contributed by atoms with Crippen LogP contribution in [0.15, 0.2) is 23.0 Å². The maximum atomic E-state index is 12.1. The van der Waals surface area contributed by atoms with Crippen molar-refractivity contribution in [3.8, 4) is 0 Å². The number of fused-ring (bicyclic) bond motifs is 1. The molecule has 94 valence electrons. The molecular weight excluding hydrogens is 236 g/mol. The van der Waals surface area contributed by atoms with Crippen LogP contribution in [-0.4, -0.2) is 26.8 Å². The highest BCUT2D eigenvalue weighted by atomic mass is 16.4. The summed E-state index contributed by atoms with van der Waals surface area (Å²) in [6.45, 7) is 2.70. The molecule has 6 heteroatoms. The fourth-order valence-electron chi connectivity index (χ4n) is 1.63. The first kappa shape index (κ1) is 12.1. The number of benzene rings is 1. The molecule has 0 atom stereocenters. The first-order valence-corrected chi connectivity index (χ1v) is 5.32. The lowest BCUT2D eigenvalue weighted by molar-refractivity contribution is -0.144. The van der Waals surface area contributed by atoms with Gasteiger partial charge < -0.3 is 15.1 Å². The van der Waals surface area contributed by atoms with Gasteiger partial charge in [-0.05, 0) is 32.0 Å². The number of hydrogen-bond donors (Lipinski definition) is 3. The Morgan fingerprint density at radius 1 is 1.17 bits per heavy atom. The van der Waals surface area contributed by atoms with Crippen molar-refractivity contribution >= 4 is 22.8 Å². The predicted molar refractivity (Wildman–Crippen MR) is 64.7 cm³/mol. The predicted octanol–water partition coefficient (Wildman–Crippen LogP) is 1.15. The van der Waals surface area contributed by atoms with Crippen LogP contribution in [0.4, 0.5) is 0 Å².